The highest BCUT2D eigenvalue weighted by Gasteiger charge is 2.29. The van der Waals surface area contributed by atoms with Crippen molar-refractivity contribution in [2.24, 2.45) is 0 Å². The van der Waals surface area contributed by atoms with E-state index in [9.17, 15) is 4.79 Å². The molecule has 1 unspecified atom stereocenters. The zero-order valence-corrected chi connectivity index (χ0v) is 19.3. The van der Waals surface area contributed by atoms with Crippen LogP contribution >= 0.6 is 23.4 Å². The number of rotatable bonds is 4. The Morgan fingerprint density at radius 2 is 1.94 bits per heavy atom. The van der Waals surface area contributed by atoms with Crippen LogP contribution in [0.15, 0.2) is 66.3 Å². The van der Waals surface area contributed by atoms with Gasteiger partial charge in [0.25, 0.3) is 5.24 Å². The molecule has 9 heteroatoms. The molecule has 4 N–H and O–H groups in total. The molecule has 1 aromatic heterocycles. The second kappa shape index (κ2) is 11.1. The molecule has 0 aliphatic carbocycles. The monoisotopic (exact) mass is 458 g/mol. The summed E-state index contributed by atoms with van der Waals surface area (Å²) in [6.45, 7) is 5.60. The molecule has 164 valence electrons. The average Bonchev–Trinajstić information content (AvgIpc) is 3.20. The number of carbonyl (C=O) groups excluding carboxylic acids is 1. The summed E-state index contributed by atoms with van der Waals surface area (Å²) in [6.07, 6.45) is 5.41. The molecule has 0 saturated heterocycles. The van der Waals surface area contributed by atoms with E-state index in [1.54, 1.807) is 24.5 Å². The van der Waals surface area contributed by atoms with E-state index in [2.05, 4.69) is 44.3 Å². The largest absolute Gasteiger partial charge is 0.371 e. The molecule has 31 heavy (non-hydrogen) atoms. The number of nitrogens with one attached hydrogen (secondary N) is 4. The van der Waals surface area contributed by atoms with Gasteiger partial charge in [-0.1, -0.05) is 37.6 Å². The molecule has 3 heterocycles. The van der Waals surface area contributed by atoms with Crippen LogP contribution in [-0.2, 0) is 0 Å². The van der Waals surface area contributed by atoms with Crippen molar-refractivity contribution in [3.63, 3.8) is 0 Å². The lowest BCUT2D eigenvalue weighted by Gasteiger charge is -2.25. The number of nitrogens with zero attached hydrogens (tertiary/aromatic N) is 2. The summed E-state index contributed by atoms with van der Waals surface area (Å²) in [5, 5.41) is 13.6. The Kier molecular flexibility index (Phi) is 8.22. The van der Waals surface area contributed by atoms with Crippen molar-refractivity contribution in [2.75, 3.05) is 25.6 Å². The van der Waals surface area contributed by atoms with E-state index in [4.69, 9.17) is 11.6 Å². The number of hydrogen-bond acceptors (Lipinski definition) is 7. The van der Waals surface area contributed by atoms with Crippen LogP contribution in [0, 0.1) is 0 Å². The molecule has 2 aliphatic rings. The van der Waals surface area contributed by atoms with Crippen molar-refractivity contribution in [3.8, 4) is 0 Å². The second-order valence-corrected chi connectivity index (χ2v) is 8.20. The maximum Gasteiger partial charge on any atom is 0.287 e. The first kappa shape index (κ1) is 23.0. The lowest BCUT2D eigenvalue weighted by atomic mass is 10.1. The number of amides is 1. The van der Waals surface area contributed by atoms with Gasteiger partial charge in [0.15, 0.2) is 5.50 Å². The van der Waals surface area contributed by atoms with Gasteiger partial charge < -0.3 is 21.3 Å². The number of anilines is 1. The highest BCUT2D eigenvalue weighted by atomic mass is 35.5. The minimum absolute atomic E-state index is 0.176. The molecule has 0 saturated carbocycles. The summed E-state index contributed by atoms with van der Waals surface area (Å²) in [5.74, 6) is 0. The fraction of sp³-hybridized carbons (Fsp3) is 0.273. The molecule has 0 fully saturated rings. The van der Waals surface area contributed by atoms with Crippen LogP contribution in [-0.4, -0.2) is 40.9 Å². The van der Waals surface area contributed by atoms with Gasteiger partial charge in [0.05, 0.1) is 35.6 Å². The van der Waals surface area contributed by atoms with Gasteiger partial charge in [-0.05, 0) is 54.7 Å². The molecule has 4 rings (SSSR count). The predicted octanol–water partition coefficient (Wildman–Crippen LogP) is 4.25. The Bertz CT molecular complexity index is 948. The Labute approximate surface area is 192 Å². The van der Waals surface area contributed by atoms with E-state index in [1.165, 1.54) is 0 Å². The van der Waals surface area contributed by atoms with E-state index in [0.717, 1.165) is 47.6 Å². The van der Waals surface area contributed by atoms with Gasteiger partial charge in [0, 0.05) is 17.8 Å². The van der Waals surface area contributed by atoms with Crippen LogP contribution in [0.4, 0.5) is 10.5 Å². The number of likely N-dealkylation sites (N-methyl/N-ethyl adjacent to an activating group) is 1. The number of pyridine rings is 1. The summed E-state index contributed by atoms with van der Waals surface area (Å²) >= 11 is 7.19. The SMILES string of the molecule is CC.CN1CC=C(C2=C(c3ccc(Cl)cc3)NC(SC(=O)Nc3cccnc3)N2)NC1. The van der Waals surface area contributed by atoms with E-state index in [0.29, 0.717) is 10.7 Å². The van der Waals surface area contributed by atoms with Crippen LogP contribution in [0.5, 0.6) is 0 Å². The van der Waals surface area contributed by atoms with Gasteiger partial charge in [-0.3, -0.25) is 14.7 Å². The third kappa shape index (κ3) is 6.16. The first-order valence-electron chi connectivity index (χ1n) is 10.1. The van der Waals surface area contributed by atoms with Crippen LogP contribution in [0.3, 0.4) is 0 Å². The molecule has 2 aromatic rings. The number of carbonyl (C=O) groups is 1. The molecule has 0 radical (unpaired) electrons. The standard InChI is InChI=1S/C20H21ClN6OS.C2H6/c1-27-10-8-16(23-12-27)18-17(13-4-6-14(21)7-5-13)25-19(26-18)29-20(28)24-15-3-2-9-22-11-15;1-2/h2-9,11,19,23,25-26H,10,12H2,1H3,(H,24,28);1-2H3. The lowest BCUT2D eigenvalue weighted by molar-refractivity contribution is 0.269. The molecule has 1 atom stereocenters. The van der Waals surface area contributed by atoms with Crippen LogP contribution in [0.2, 0.25) is 5.02 Å². The summed E-state index contributed by atoms with van der Waals surface area (Å²) in [6, 6.07) is 11.2. The lowest BCUT2D eigenvalue weighted by Crippen LogP contribution is -2.38. The molecular formula is C22H27ClN6OS. The quantitative estimate of drug-likeness (QED) is 0.545. The molecule has 0 spiro atoms. The number of aromatic nitrogens is 1. The van der Waals surface area contributed by atoms with Crippen molar-refractivity contribution in [3.05, 3.63) is 76.8 Å². The van der Waals surface area contributed by atoms with Crippen LogP contribution < -0.4 is 21.3 Å². The van der Waals surface area contributed by atoms with Crippen molar-refractivity contribution in [2.45, 2.75) is 19.3 Å². The Morgan fingerprint density at radius 3 is 2.58 bits per heavy atom. The Balaban J connectivity index is 0.00000132. The van der Waals surface area contributed by atoms with Crippen LogP contribution in [0.1, 0.15) is 19.4 Å². The van der Waals surface area contributed by atoms with Crippen LogP contribution in [0.25, 0.3) is 5.70 Å². The molecule has 7 nitrogen and oxygen atoms in total. The smallest absolute Gasteiger partial charge is 0.287 e. The third-order valence-corrected chi connectivity index (χ3v) is 5.52. The number of hydrogen-bond donors (Lipinski definition) is 4. The highest BCUT2D eigenvalue weighted by Crippen LogP contribution is 2.29. The Morgan fingerprint density at radius 1 is 1.19 bits per heavy atom. The molecule has 2 aliphatic heterocycles. The van der Waals surface area contributed by atoms with E-state index in [1.807, 2.05) is 38.1 Å². The second-order valence-electron chi connectivity index (χ2n) is 6.69. The fourth-order valence-corrected chi connectivity index (χ4v) is 3.91. The molecule has 1 amide bonds. The molecular weight excluding hydrogens is 432 g/mol. The Hall–Kier alpha value is -2.68. The topological polar surface area (TPSA) is 81.3 Å². The number of benzene rings is 1. The van der Waals surface area contributed by atoms with Gasteiger partial charge in [-0.15, -0.1) is 0 Å². The minimum atomic E-state index is -0.310. The average molecular weight is 459 g/mol. The summed E-state index contributed by atoms with van der Waals surface area (Å²) in [7, 11) is 2.05. The number of halogens is 1. The zero-order chi connectivity index (χ0) is 22.2. The van der Waals surface area contributed by atoms with Crippen molar-refractivity contribution in [1.82, 2.24) is 25.8 Å². The molecule has 0 bridgehead atoms. The van der Waals surface area contributed by atoms with Crippen molar-refractivity contribution in [1.29, 1.82) is 0 Å². The third-order valence-electron chi connectivity index (χ3n) is 4.48. The van der Waals surface area contributed by atoms with E-state index in [-0.39, 0.29) is 10.7 Å². The summed E-state index contributed by atoms with van der Waals surface area (Å²) in [5.41, 5.74) is 4.22. The highest BCUT2D eigenvalue weighted by molar-refractivity contribution is 8.14. The number of thioether (sulfide) groups is 1. The van der Waals surface area contributed by atoms with Crippen molar-refractivity contribution >= 4 is 40.0 Å². The van der Waals surface area contributed by atoms with Gasteiger partial charge in [-0.25, -0.2) is 0 Å². The van der Waals surface area contributed by atoms with Gasteiger partial charge >= 0.3 is 0 Å². The van der Waals surface area contributed by atoms with Crippen molar-refractivity contribution < 1.29 is 4.79 Å². The van der Waals surface area contributed by atoms with Gasteiger partial charge in [0.1, 0.15) is 0 Å². The minimum Gasteiger partial charge on any atom is -0.371 e. The van der Waals surface area contributed by atoms with E-state index < -0.39 is 0 Å². The summed E-state index contributed by atoms with van der Waals surface area (Å²) in [4.78, 5) is 18.6. The molecule has 1 aromatic carbocycles. The normalized spacial score (nSPS) is 18.1. The van der Waals surface area contributed by atoms with Gasteiger partial charge in [0.2, 0.25) is 0 Å². The maximum absolute atomic E-state index is 12.5. The first-order chi connectivity index (χ1) is 15.1. The maximum atomic E-state index is 12.5. The fourth-order valence-electron chi connectivity index (χ4n) is 3.04. The predicted molar refractivity (Wildman–Crippen MR) is 129 cm³/mol. The van der Waals surface area contributed by atoms with Gasteiger partial charge in [-0.2, -0.15) is 0 Å². The zero-order valence-electron chi connectivity index (χ0n) is 17.8. The van der Waals surface area contributed by atoms with E-state index >= 15 is 0 Å². The summed E-state index contributed by atoms with van der Waals surface area (Å²) < 4.78 is 0. The first-order valence-corrected chi connectivity index (χ1v) is 11.4.